The van der Waals surface area contributed by atoms with Crippen molar-refractivity contribution >= 4 is 21.6 Å². The van der Waals surface area contributed by atoms with E-state index >= 15 is 0 Å². The zero-order valence-corrected chi connectivity index (χ0v) is 13.7. The summed E-state index contributed by atoms with van der Waals surface area (Å²) in [6, 6.07) is 16.0. The minimum Gasteiger partial charge on any atom is -0.361 e. The zero-order chi connectivity index (χ0) is 15.9. The number of ether oxygens (including phenoxy) is 1. The van der Waals surface area contributed by atoms with Gasteiger partial charge in [0.25, 0.3) is 0 Å². The molecule has 1 unspecified atom stereocenters. The Morgan fingerprint density at radius 1 is 1.17 bits per heavy atom. The largest absolute Gasteiger partial charge is 0.361 e. The predicted octanol–water partition coefficient (Wildman–Crippen LogP) is 3.07. The van der Waals surface area contributed by atoms with Gasteiger partial charge in [-0.3, -0.25) is 4.90 Å². The first kappa shape index (κ1) is 14.8. The summed E-state index contributed by atoms with van der Waals surface area (Å²) in [5, 5.41) is 11.7. The van der Waals surface area contributed by atoms with Crippen molar-refractivity contribution in [2.45, 2.75) is 5.79 Å². The zero-order valence-electron chi connectivity index (χ0n) is 12.9. The van der Waals surface area contributed by atoms with Crippen LogP contribution in [0.4, 0.5) is 0 Å². The van der Waals surface area contributed by atoms with Crippen molar-refractivity contribution in [1.82, 2.24) is 9.88 Å². The van der Waals surface area contributed by atoms with Crippen LogP contribution in [-0.2, 0) is 10.5 Å². The quantitative estimate of drug-likeness (QED) is 0.786. The molecule has 0 saturated carbocycles. The molecule has 4 rings (SSSR count). The molecule has 1 aromatic heterocycles. The SMILES string of the molecule is CN1CCOC(O)(c2ccc(-c3nc4ccccc4s3)cc2)C1. The molecular weight excluding hydrogens is 308 g/mol. The fraction of sp³-hybridized carbons (Fsp3) is 0.278. The first-order valence-corrected chi connectivity index (χ1v) is 8.47. The van der Waals surface area contributed by atoms with Gasteiger partial charge in [-0.25, -0.2) is 4.98 Å². The van der Waals surface area contributed by atoms with Crippen LogP contribution in [0.25, 0.3) is 20.8 Å². The number of aliphatic hydroxyl groups is 1. The normalized spacial score (nSPS) is 22.5. The Morgan fingerprint density at radius 3 is 2.70 bits per heavy atom. The van der Waals surface area contributed by atoms with E-state index in [4.69, 9.17) is 4.74 Å². The molecule has 5 heteroatoms. The maximum atomic E-state index is 10.7. The van der Waals surface area contributed by atoms with E-state index in [-0.39, 0.29) is 0 Å². The van der Waals surface area contributed by atoms with Crippen molar-refractivity contribution in [3.05, 3.63) is 54.1 Å². The van der Waals surface area contributed by atoms with Crippen LogP contribution in [0.3, 0.4) is 0 Å². The summed E-state index contributed by atoms with van der Waals surface area (Å²) in [4.78, 5) is 6.75. The number of aromatic nitrogens is 1. The van der Waals surface area contributed by atoms with Crippen molar-refractivity contribution in [3.63, 3.8) is 0 Å². The lowest BCUT2D eigenvalue weighted by molar-refractivity contribution is -0.245. The number of para-hydroxylation sites is 1. The number of β-amino-alcohol motifs (C(OH)–C–C–N with tert-alkyl or cyclic N) is 1. The summed E-state index contributed by atoms with van der Waals surface area (Å²) in [6.45, 7) is 1.85. The monoisotopic (exact) mass is 326 g/mol. The lowest BCUT2D eigenvalue weighted by Gasteiger charge is -2.37. The maximum absolute atomic E-state index is 10.7. The van der Waals surface area contributed by atoms with Crippen LogP contribution in [-0.4, -0.2) is 41.7 Å². The Labute approximate surface area is 139 Å². The third kappa shape index (κ3) is 2.77. The number of hydrogen-bond acceptors (Lipinski definition) is 5. The van der Waals surface area contributed by atoms with Crippen LogP contribution >= 0.6 is 11.3 Å². The molecule has 1 saturated heterocycles. The number of rotatable bonds is 2. The maximum Gasteiger partial charge on any atom is 0.205 e. The molecule has 1 aliphatic rings. The topological polar surface area (TPSA) is 45.6 Å². The molecule has 118 valence electrons. The highest BCUT2D eigenvalue weighted by Crippen LogP contribution is 2.32. The number of morpholine rings is 1. The van der Waals surface area contributed by atoms with Crippen LogP contribution in [0.5, 0.6) is 0 Å². The summed E-state index contributed by atoms with van der Waals surface area (Å²) in [6.07, 6.45) is 0. The van der Waals surface area contributed by atoms with Gasteiger partial charge in [0, 0.05) is 17.7 Å². The van der Waals surface area contributed by atoms with Gasteiger partial charge in [-0.2, -0.15) is 0 Å². The highest BCUT2D eigenvalue weighted by Gasteiger charge is 2.34. The second-order valence-electron chi connectivity index (χ2n) is 5.93. The summed E-state index contributed by atoms with van der Waals surface area (Å²) in [5.74, 6) is -1.22. The molecule has 1 fully saturated rings. The van der Waals surface area contributed by atoms with E-state index in [0.29, 0.717) is 13.2 Å². The summed E-state index contributed by atoms with van der Waals surface area (Å²) in [5.41, 5.74) is 2.86. The third-order valence-electron chi connectivity index (χ3n) is 4.17. The van der Waals surface area contributed by atoms with Gasteiger partial charge in [0.15, 0.2) is 0 Å². The van der Waals surface area contributed by atoms with Crippen molar-refractivity contribution in [3.8, 4) is 10.6 Å². The number of nitrogens with zero attached hydrogens (tertiary/aromatic N) is 2. The number of thiazole rings is 1. The van der Waals surface area contributed by atoms with Gasteiger partial charge in [0.1, 0.15) is 5.01 Å². The van der Waals surface area contributed by atoms with Gasteiger partial charge in [0.2, 0.25) is 5.79 Å². The van der Waals surface area contributed by atoms with E-state index in [2.05, 4.69) is 16.0 Å². The highest BCUT2D eigenvalue weighted by atomic mass is 32.1. The number of likely N-dealkylation sites (N-methyl/N-ethyl adjacent to an activating group) is 1. The molecule has 1 aliphatic heterocycles. The summed E-state index contributed by atoms with van der Waals surface area (Å²) in [7, 11) is 1.99. The standard InChI is InChI=1S/C18H18N2O2S/c1-20-10-11-22-18(21,12-20)14-8-6-13(7-9-14)17-19-15-4-2-3-5-16(15)23-17/h2-9,21H,10-12H2,1H3. The molecule has 3 aromatic rings. The first-order valence-electron chi connectivity index (χ1n) is 7.65. The fourth-order valence-electron chi connectivity index (χ4n) is 2.90. The average molecular weight is 326 g/mol. The van der Waals surface area contributed by atoms with Gasteiger partial charge < -0.3 is 9.84 Å². The molecule has 2 heterocycles. The number of hydrogen-bond donors (Lipinski definition) is 1. The van der Waals surface area contributed by atoms with Crippen molar-refractivity contribution in [1.29, 1.82) is 0 Å². The van der Waals surface area contributed by atoms with Crippen LogP contribution in [0, 0.1) is 0 Å². The molecule has 0 spiro atoms. The highest BCUT2D eigenvalue weighted by molar-refractivity contribution is 7.21. The second-order valence-corrected chi connectivity index (χ2v) is 6.97. The molecule has 0 radical (unpaired) electrons. The van der Waals surface area contributed by atoms with Crippen LogP contribution in [0.2, 0.25) is 0 Å². The molecule has 0 aliphatic carbocycles. The minimum absolute atomic E-state index is 0.480. The van der Waals surface area contributed by atoms with Crippen molar-refractivity contribution < 1.29 is 9.84 Å². The molecule has 0 bridgehead atoms. The lowest BCUT2D eigenvalue weighted by Crippen LogP contribution is -2.48. The Balaban J connectivity index is 1.65. The predicted molar refractivity (Wildman–Crippen MR) is 92.4 cm³/mol. The van der Waals surface area contributed by atoms with E-state index in [1.54, 1.807) is 11.3 Å². The Hall–Kier alpha value is -1.79. The Kier molecular flexibility index (Phi) is 3.66. The molecule has 1 atom stereocenters. The van der Waals surface area contributed by atoms with Crippen molar-refractivity contribution in [2.75, 3.05) is 26.7 Å². The van der Waals surface area contributed by atoms with E-state index < -0.39 is 5.79 Å². The lowest BCUT2D eigenvalue weighted by atomic mass is 10.0. The van der Waals surface area contributed by atoms with Gasteiger partial charge in [0.05, 0.1) is 23.4 Å². The fourth-order valence-corrected chi connectivity index (χ4v) is 3.88. The van der Waals surface area contributed by atoms with Crippen LogP contribution in [0.15, 0.2) is 48.5 Å². The average Bonchev–Trinajstić information content (AvgIpc) is 2.99. The second kappa shape index (κ2) is 5.69. The van der Waals surface area contributed by atoms with Crippen LogP contribution in [0.1, 0.15) is 5.56 Å². The van der Waals surface area contributed by atoms with Gasteiger partial charge in [-0.05, 0) is 19.2 Å². The van der Waals surface area contributed by atoms with Gasteiger partial charge >= 0.3 is 0 Å². The van der Waals surface area contributed by atoms with Crippen molar-refractivity contribution in [2.24, 2.45) is 0 Å². The molecule has 1 N–H and O–H groups in total. The molecule has 4 nitrogen and oxygen atoms in total. The summed E-state index contributed by atoms with van der Waals surface area (Å²) < 4.78 is 6.80. The minimum atomic E-state index is -1.22. The number of fused-ring (bicyclic) bond motifs is 1. The Morgan fingerprint density at radius 2 is 1.96 bits per heavy atom. The van der Waals surface area contributed by atoms with E-state index in [1.807, 2.05) is 49.5 Å². The Bertz CT molecular complexity index is 797. The molecule has 23 heavy (non-hydrogen) atoms. The smallest absolute Gasteiger partial charge is 0.205 e. The molecular formula is C18H18N2O2S. The van der Waals surface area contributed by atoms with Gasteiger partial charge in [-0.15, -0.1) is 11.3 Å². The van der Waals surface area contributed by atoms with Gasteiger partial charge in [-0.1, -0.05) is 36.4 Å². The third-order valence-corrected chi connectivity index (χ3v) is 5.26. The van der Waals surface area contributed by atoms with E-state index in [0.717, 1.165) is 28.2 Å². The molecule has 0 amide bonds. The van der Waals surface area contributed by atoms with Crippen LogP contribution < -0.4 is 0 Å². The van der Waals surface area contributed by atoms with E-state index in [1.165, 1.54) is 4.70 Å². The molecule has 2 aromatic carbocycles. The summed E-state index contributed by atoms with van der Waals surface area (Å²) >= 11 is 1.68. The van der Waals surface area contributed by atoms with E-state index in [9.17, 15) is 5.11 Å². The number of benzene rings is 2. The first-order chi connectivity index (χ1) is 11.1.